The van der Waals surface area contributed by atoms with E-state index in [1.54, 1.807) is 5.55 Å². The van der Waals surface area contributed by atoms with Crippen LogP contribution >= 0.6 is 11.8 Å². The number of carboxylic acid groups (broad SMARTS) is 1. The van der Waals surface area contributed by atoms with Crippen molar-refractivity contribution in [2.45, 2.75) is 24.6 Å². The first-order valence-corrected chi connectivity index (χ1v) is 4.10. The van der Waals surface area contributed by atoms with Crippen LogP contribution in [0.5, 0.6) is 0 Å². The molecular formula is C6H9NO2S. The maximum Gasteiger partial charge on any atom is 0.329 e. The number of hydrogen-bond acceptors (Lipinski definition) is 3. The van der Waals surface area contributed by atoms with E-state index < -0.39 is 12.0 Å². The summed E-state index contributed by atoms with van der Waals surface area (Å²) in [5.41, 5.74) is 1.63. The smallest absolute Gasteiger partial charge is 0.329 e. The number of nitrogens with zero attached hydrogens (tertiary/aromatic N) is 1. The minimum atomic E-state index is -0.812. The molecular weight excluding hydrogens is 150 g/mol. The molecule has 0 radical (unpaired) electrons. The Bertz CT molecular complexity index is 169. The summed E-state index contributed by atoms with van der Waals surface area (Å²) >= 11 is 1.51. The number of carbonyl (C=O) groups is 1. The Kier molecular flexibility index (Phi) is 2.32. The van der Waals surface area contributed by atoms with Gasteiger partial charge in [-0.1, -0.05) is 6.92 Å². The molecule has 10 heavy (non-hydrogen) atoms. The highest BCUT2D eigenvalue weighted by Gasteiger charge is 2.29. The third-order valence-electron chi connectivity index (χ3n) is 1.46. The van der Waals surface area contributed by atoms with Crippen molar-refractivity contribution in [3.63, 3.8) is 0 Å². The Morgan fingerprint density at radius 2 is 2.60 bits per heavy atom. The van der Waals surface area contributed by atoms with Crippen molar-refractivity contribution < 1.29 is 9.90 Å². The SMILES string of the molecule is CCC1SC=NC1C(=O)O. The fourth-order valence-electron chi connectivity index (χ4n) is 0.892. The normalized spacial score (nSPS) is 30.9. The van der Waals surface area contributed by atoms with Gasteiger partial charge in [-0.25, -0.2) is 4.79 Å². The molecule has 1 rings (SSSR count). The Morgan fingerprint density at radius 3 is 3.00 bits per heavy atom. The van der Waals surface area contributed by atoms with Crippen LogP contribution in [0.25, 0.3) is 0 Å². The summed E-state index contributed by atoms with van der Waals surface area (Å²) in [4.78, 5) is 14.3. The largest absolute Gasteiger partial charge is 0.480 e. The van der Waals surface area contributed by atoms with Gasteiger partial charge in [-0.3, -0.25) is 4.99 Å². The summed E-state index contributed by atoms with van der Waals surface area (Å²) in [6.45, 7) is 1.97. The zero-order valence-electron chi connectivity index (χ0n) is 5.65. The van der Waals surface area contributed by atoms with Crippen LogP contribution in [0.3, 0.4) is 0 Å². The van der Waals surface area contributed by atoms with Crippen molar-refractivity contribution in [1.29, 1.82) is 0 Å². The predicted octanol–water partition coefficient (Wildman–Crippen LogP) is 0.993. The Balaban J connectivity index is 2.57. The van der Waals surface area contributed by atoms with Gasteiger partial charge in [0.2, 0.25) is 0 Å². The molecule has 2 atom stereocenters. The van der Waals surface area contributed by atoms with Crippen molar-refractivity contribution in [2.75, 3.05) is 0 Å². The van der Waals surface area contributed by atoms with Crippen molar-refractivity contribution >= 4 is 23.3 Å². The molecule has 1 aliphatic rings. The van der Waals surface area contributed by atoms with E-state index in [0.717, 1.165) is 6.42 Å². The lowest BCUT2D eigenvalue weighted by molar-refractivity contribution is -0.138. The molecule has 0 aromatic heterocycles. The van der Waals surface area contributed by atoms with Gasteiger partial charge < -0.3 is 5.11 Å². The van der Waals surface area contributed by atoms with Crippen LogP contribution in [0.2, 0.25) is 0 Å². The molecule has 1 heterocycles. The highest BCUT2D eigenvalue weighted by molar-refractivity contribution is 8.13. The molecule has 0 aliphatic carbocycles. The first kappa shape index (κ1) is 7.60. The van der Waals surface area contributed by atoms with Crippen molar-refractivity contribution in [2.24, 2.45) is 4.99 Å². The standard InChI is InChI=1S/C6H9NO2S/c1-2-4-5(6(8)9)7-3-10-4/h3-5H,2H2,1H3,(H,8,9). The number of thioether (sulfide) groups is 1. The van der Waals surface area contributed by atoms with Gasteiger partial charge in [-0.15, -0.1) is 11.8 Å². The van der Waals surface area contributed by atoms with E-state index in [-0.39, 0.29) is 5.25 Å². The molecule has 0 amide bonds. The summed E-state index contributed by atoms with van der Waals surface area (Å²) in [6.07, 6.45) is 0.863. The molecule has 1 aliphatic heterocycles. The van der Waals surface area contributed by atoms with Crippen LogP contribution in [0.15, 0.2) is 4.99 Å². The summed E-state index contributed by atoms with van der Waals surface area (Å²) in [6, 6.07) is -0.505. The second-order valence-electron chi connectivity index (χ2n) is 2.12. The zero-order chi connectivity index (χ0) is 7.56. The summed E-state index contributed by atoms with van der Waals surface area (Å²) in [5.74, 6) is -0.812. The molecule has 56 valence electrons. The summed E-state index contributed by atoms with van der Waals surface area (Å²) < 4.78 is 0. The Morgan fingerprint density at radius 1 is 1.90 bits per heavy atom. The van der Waals surface area contributed by atoms with Crippen LogP contribution in [-0.4, -0.2) is 27.9 Å². The summed E-state index contributed by atoms with van der Waals surface area (Å²) in [7, 11) is 0. The molecule has 0 fully saturated rings. The van der Waals surface area contributed by atoms with Gasteiger partial charge in [0.25, 0.3) is 0 Å². The number of rotatable bonds is 2. The molecule has 0 saturated carbocycles. The van der Waals surface area contributed by atoms with Crippen LogP contribution in [0, 0.1) is 0 Å². The Hall–Kier alpha value is -0.510. The second kappa shape index (κ2) is 3.05. The van der Waals surface area contributed by atoms with Gasteiger partial charge in [-0.05, 0) is 6.42 Å². The molecule has 0 bridgehead atoms. The minimum Gasteiger partial charge on any atom is -0.480 e. The van der Waals surface area contributed by atoms with Gasteiger partial charge >= 0.3 is 5.97 Å². The molecule has 0 aromatic carbocycles. The van der Waals surface area contributed by atoms with Crippen LogP contribution in [0.4, 0.5) is 0 Å². The summed E-state index contributed by atoms with van der Waals surface area (Å²) in [5, 5.41) is 8.74. The van der Waals surface area contributed by atoms with Gasteiger partial charge in [0, 0.05) is 5.25 Å². The fraction of sp³-hybridized carbons (Fsp3) is 0.667. The topological polar surface area (TPSA) is 49.7 Å². The monoisotopic (exact) mass is 159 g/mol. The van der Waals surface area contributed by atoms with Crippen LogP contribution < -0.4 is 0 Å². The molecule has 0 spiro atoms. The van der Waals surface area contributed by atoms with Crippen molar-refractivity contribution in [3.8, 4) is 0 Å². The highest BCUT2D eigenvalue weighted by Crippen LogP contribution is 2.24. The lowest BCUT2D eigenvalue weighted by Gasteiger charge is -2.08. The fourth-order valence-corrected chi connectivity index (χ4v) is 1.78. The molecule has 0 aromatic rings. The molecule has 0 saturated heterocycles. The molecule has 3 nitrogen and oxygen atoms in total. The van der Waals surface area contributed by atoms with Gasteiger partial charge in [0.15, 0.2) is 6.04 Å². The number of carboxylic acids is 1. The van der Waals surface area contributed by atoms with Crippen LogP contribution in [0.1, 0.15) is 13.3 Å². The van der Waals surface area contributed by atoms with Gasteiger partial charge in [0.05, 0.1) is 5.55 Å². The molecule has 1 N–H and O–H groups in total. The third-order valence-corrected chi connectivity index (χ3v) is 2.65. The van der Waals surface area contributed by atoms with E-state index in [2.05, 4.69) is 4.99 Å². The highest BCUT2D eigenvalue weighted by atomic mass is 32.2. The van der Waals surface area contributed by atoms with Gasteiger partial charge in [-0.2, -0.15) is 0 Å². The van der Waals surface area contributed by atoms with E-state index in [0.29, 0.717) is 0 Å². The van der Waals surface area contributed by atoms with E-state index in [1.165, 1.54) is 11.8 Å². The van der Waals surface area contributed by atoms with E-state index in [4.69, 9.17) is 5.11 Å². The molecule has 4 heteroatoms. The minimum absolute atomic E-state index is 0.150. The van der Waals surface area contributed by atoms with E-state index in [9.17, 15) is 4.79 Å². The van der Waals surface area contributed by atoms with E-state index in [1.807, 2.05) is 6.92 Å². The zero-order valence-corrected chi connectivity index (χ0v) is 6.47. The van der Waals surface area contributed by atoms with Crippen molar-refractivity contribution in [1.82, 2.24) is 0 Å². The van der Waals surface area contributed by atoms with Crippen LogP contribution in [-0.2, 0) is 4.79 Å². The Labute approximate surface area is 63.5 Å². The lowest BCUT2D eigenvalue weighted by Crippen LogP contribution is -2.26. The van der Waals surface area contributed by atoms with E-state index >= 15 is 0 Å². The maximum absolute atomic E-state index is 10.4. The first-order valence-electron chi connectivity index (χ1n) is 3.15. The number of aliphatic imine (C=N–C) groups is 1. The molecule has 2 unspecified atom stereocenters. The number of hydrogen-bond donors (Lipinski definition) is 1. The maximum atomic E-state index is 10.4. The second-order valence-corrected chi connectivity index (χ2v) is 3.21. The lowest BCUT2D eigenvalue weighted by atomic mass is 10.2. The average Bonchev–Trinajstić information content (AvgIpc) is 2.33. The number of aliphatic carboxylic acids is 1. The predicted molar refractivity (Wildman–Crippen MR) is 41.6 cm³/mol. The quantitative estimate of drug-likeness (QED) is 0.653. The third kappa shape index (κ3) is 1.31. The van der Waals surface area contributed by atoms with Gasteiger partial charge in [0.1, 0.15) is 0 Å². The van der Waals surface area contributed by atoms with Crippen molar-refractivity contribution in [3.05, 3.63) is 0 Å². The first-order chi connectivity index (χ1) is 4.75. The average molecular weight is 159 g/mol.